The van der Waals surface area contributed by atoms with Crippen LogP contribution in [0.25, 0.3) is 11.8 Å². The molecule has 0 amide bonds. The average molecular weight is 482 g/mol. The molecule has 6 rings (SSSR count). The Bertz CT molecular complexity index is 1260. The number of aromatic nitrogens is 3. The SMILES string of the molecule is C[C@]12Cc3cnn(-c4ccc(F)nc4)c3C=C1C=C[C@@H]1[C@@H]2[C@@H](O)C[C@@]2(C)[C@H]1CC[C@]2(O)C(=O)S. The molecule has 2 aromatic heterocycles. The van der Waals surface area contributed by atoms with E-state index in [1.54, 1.807) is 10.7 Å². The Kier molecular flexibility index (Phi) is 4.65. The number of aliphatic hydroxyl groups excluding tert-OH is 1. The lowest BCUT2D eigenvalue weighted by Gasteiger charge is -2.58. The molecular weight excluding hydrogens is 453 g/mol. The number of fused-ring (bicyclic) bond motifs is 6. The van der Waals surface area contributed by atoms with Gasteiger partial charge in [0.1, 0.15) is 5.60 Å². The van der Waals surface area contributed by atoms with Crippen LogP contribution in [0.5, 0.6) is 0 Å². The fourth-order valence-electron chi connectivity index (χ4n) is 7.69. The normalized spacial score (nSPS) is 40.1. The summed E-state index contributed by atoms with van der Waals surface area (Å²) in [6.07, 6.45) is 11.3. The minimum Gasteiger partial charge on any atom is -0.393 e. The van der Waals surface area contributed by atoms with Crippen molar-refractivity contribution in [2.24, 2.45) is 28.6 Å². The Labute approximate surface area is 203 Å². The van der Waals surface area contributed by atoms with Crippen molar-refractivity contribution in [3.05, 3.63) is 59.5 Å². The van der Waals surface area contributed by atoms with Crippen LogP contribution in [0.2, 0.25) is 0 Å². The molecule has 2 fully saturated rings. The van der Waals surface area contributed by atoms with Crippen LogP contribution in [-0.2, 0) is 11.2 Å². The third-order valence-electron chi connectivity index (χ3n) is 9.45. The maximum absolute atomic E-state index is 13.3. The molecule has 4 aliphatic carbocycles. The van der Waals surface area contributed by atoms with Crippen molar-refractivity contribution in [1.82, 2.24) is 14.8 Å². The van der Waals surface area contributed by atoms with Gasteiger partial charge in [-0.2, -0.15) is 9.49 Å². The zero-order chi connectivity index (χ0) is 24.0. The number of hydrogen-bond acceptors (Lipinski definition) is 5. The summed E-state index contributed by atoms with van der Waals surface area (Å²) >= 11 is 4.03. The highest BCUT2D eigenvalue weighted by Gasteiger charge is 2.67. The van der Waals surface area contributed by atoms with Crippen LogP contribution >= 0.6 is 12.6 Å². The molecule has 0 aromatic carbocycles. The average Bonchev–Trinajstić information content (AvgIpc) is 3.30. The second-order valence-corrected chi connectivity index (χ2v) is 11.4. The van der Waals surface area contributed by atoms with E-state index in [2.05, 4.69) is 47.9 Å². The van der Waals surface area contributed by atoms with Gasteiger partial charge in [-0.05, 0) is 66.9 Å². The summed E-state index contributed by atoms with van der Waals surface area (Å²) in [4.78, 5) is 16.1. The molecule has 8 heteroatoms. The summed E-state index contributed by atoms with van der Waals surface area (Å²) in [5.74, 6) is -0.432. The highest BCUT2D eigenvalue weighted by Crippen LogP contribution is 2.66. The minimum atomic E-state index is -1.51. The quantitative estimate of drug-likeness (QED) is 0.451. The molecule has 0 saturated heterocycles. The summed E-state index contributed by atoms with van der Waals surface area (Å²) in [5, 5.41) is 26.8. The van der Waals surface area contributed by atoms with E-state index in [1.807, 2.05) is 13.1 Å². The first kappa shape index (κ1) is 22.2. The van der Waals surface area contributed by atoms with Gasteiger partial charge in [0.2, 0.25) is 11.1 Å². The van der Waals surface area contributed by atoms with Crippen LogP contribution in [-0.4, -0.2) is 41.8 Å². The zero-order valence-electron chi connectivity index (χ0n) is 19.1. The molecule has 34 heavy (non-hydrogen) atoms. The lowest BCUT2D eigenvalue weighted by molar-refractivity contribution is -0.164. The number of allylic oxidation sites excluding steroid dienone is 3. The van der Waals surface area contributed by atoms with Crippen LogP contribution in [0.1, 0.15) is 44.4 Å². The molecule has 7 atom stereocenters. The summed E-state index contributed by atoms with van der Waals surface area (Å²) in [7, 11) is 0. The Morgan fingerprint density at radius 1 is 1.29 bits per heavy atom. The highest BCUT2D eigenvalue weighted by molar-refractivity contribution is 7.96. The molecule has 0 aliphatic heterocycles. The van der Waals surface area contributed by atoms with E-state index in [4.69, 9.17) is 0 Å². The summed E-state index contributed by atoms with van der Waals surface area (Å²) in [5.41, 5.74) is 1.29. The second-order valence-electron chi connectivity index (χ2n) is 11.0. The third-order valence-corrected chi connectivity index (χ3v) is 9.82. The molecule has 2 saturated carbocycles. The topological polar surface area (TPSA) is 88.2 Å². The number of aliphatic hydroxyl groups is 2. The summed E-state index contributed by atoms with van der Waals surface area (Å²) in [6, 6.07) is 2.98. The minimum absolute atomic E-state index is 0.0387. The number of hydrogen-bond donors (Lipinski definition) is 3. The molecular formula is C26H28FN3O3S. The van der Waals surface area contributed by atoms with Crippen molar-refractivity contribution in [1.29, 1.82) is 0 Å². The predicted octanol–water partition coefficient (Wildman–Crippen LogP) is 3.52. The largest absolute Gasteiger partial charge is 0.393 e. The van der Waals surface area contributed by atoms with E-state index < -0.39 is 28.2 Å². The van der Waals surface area contributed by atoms with Gasteiger partial charge in [-0.25, -0.2) is 9.67 Å². The summed E-state index contributed by atoms with van der Waals surface area (Å²) < 4.78 is 15.1. The summed E-state index contributed by atoms with van der Waals surface area (Å²) in [6.45, 7) is 4.15. The standard InChI is InChI=1S/C26H28FN3O3S/c1-24-10-14-12-29-30(16-4-6-21(27)28-13-16)19(14)9-15(24)3-5-17-18-7-8-26(33,23(32)34)25(18,2)11-20(31)22(17)24/h3-6,9,12-13,17-18,20,22,31,33H,7-8,10-11H2,1-2H3,(H,32,34)/t17-,18-,20-,22+,24-,25-,26-/m0/s1. The van der Waals surface area contributed by atoms with Gasteiger partial charge in [-0.3, -0.25) is 4.79 Å². The monoisotopic (exact) mass is 481 g/mol. The molecule has 2 heterocycles. The molecule has 2 N–H and O–H groups in total. The zero-order valence-corrected chi connectivity index (χ0v) is 20.0. The maximum atomic E-state index is 13.3. The number of carbonyl (C=O) groups excluding carboxylic acids is 1. The first-order valence-electron chi connectivity index (χ1n) is 11.8. The first-order chi connectivity index (χ1) is 16.1. The van der Waals surface area contributed by atoms with Crippen LogP contribution in [0.15, 0.2) is 42.3 Å². The van der Waals surface area contributed by atoms with Crippen LogP contribution < -0.4 is 0 Å². The molecule has 0 unspecified atom stereocenters. The molecule has 2 aromatic rings. The van der Waals surface area contributed by atoms with Gasteiger partial charge < -0.3 is 10.2 Å². The fourth-order valence-corrected chi connectivity index (χ4v) is 8.06. The van der Waals surface area contributed by atoms with Gasteiger partial charge in [-0.1, -0.05) is 26.0 Å². The number of rotatable bonds is 2. The van der Waals surface area contributed by atoms with E-state index in [1.165, 1.54) is 12.3 Å². The van der Waals surface area contributed by atoms with Crippen molar-refractivity contribution in [2.45, 2.75) is 51.2 Å². The maximum Gasteiger partial charge on any atom is 0.218 e. The lowest BCUT2D eigenvalue weighted by Crippen LogP contribution is -2.60. The lowest BCUT2D eigenvalue weighted by atomic mass is 9.47. The highest BCUT2D eigenvalue weighted by atomic mass is 32.1. The number of pyridine rings is 1. The molecule has 0 bridgehead atoms. The van der Waals surface area contributed by atoms with Gasteiger partial charge in [0, 0.05) is 16.7 Å². The molecule has 178 valence electrons. The fraction of sp³-hybridized carbons (Fsp3) is 0.500. The third kappa shape index (κ3) is 2.73. The molecule has 0 spiro atoms. The Morgan fingerprint density at radius 2 is 2.09 bits per heavy atom. The van der Waals surface area contributed by atoms with Crippen LogP contribution in [0, 0.1) is 34.5 Å². The van der Waals surface area contributed by atoms with Gasteiger partial charge >= 0.3 is 0 Å². The predicted molar refractivity (Wildman–Crippen MR) is 128 cm³/mol. The second kappa shape index (κ2) is 7.12. The molecule has 0 radical (unpaired) electrons. The van der Waals surface area contributed by atoms with Crippen LogP contribution in [0.4, 0.5) is 4.39 Å². The van der Waals surface area contributed by atoms with E-state index in [0.29, 0.717) is 24.9 Å². The first-order valence-corrected chi connectivity index (χ1v) is 12.3. The van der Waals surface area contributed by atoms with E-state index in [-0.39, 0.29) is 23.2 Å². The Morgan fingerprint density at radius 3 is 2.79 bits per heavy atom. The van der Waals surface area contributed by atoms with Crippen molar-refractivity contribution < 1.29 is 19.4 Å². The number of thiol groups is 1. The number of nitrogens with zero attached hydrogens (tertiary/aromatic N) is 3. The number of carbonyl (C=O) groups is 1. The Hall–Kier alpha value is -2.29. The molecule has 4 aliphatic rings. The van der Waals surface area contributed by atoms with Gasteiger partial charge in [0.15, 0.2) is 0 Å². The van der Waals surface area contributed by atoms with Crippen molar-refractivity contribution in [3.63, 3.8) is 0 Å². The van der Waals surface area contributed by atoms with E-state index in [0.717, 1.165) is 23.3 Å². The van der Waals surface area contributed by atoms with Crippen molar-refractivity contribution >= 4 is 23.8 Å². The van der Waals surface area contributed by atoms with Gasteiger partial charge in [0.25, 0.3) is 0 Å². The Balaban J connectivity index is 1.42. The molecule has 6 nitrogen and oxygen atoms in total. The van der Waals surface area contributed by atoms with Crippen molar-refractivity contribution in [2.75, 3.05) is 0 Å². The number of halogens is 1. The smallest absolute Gasteiger partial charge is 0.218 e. The van der Waals surface area contributed by atoms with Gasteiger partial charge in [0.05, 0.1) is 29.9 Å². The van der Waals surface area contributed by atoms with Gasteiger partial charge in [-0.15, -0.1) is 12.6 Å². The van der Waals surface area contributed by atoms with E-state index >= 15 is 0 Å². The van der Waals surface area contributed by atoms with E-state index in [9.17, 15) is 19.4 Å². The van der Waals surface area contributed by atoms with Crippen molar-refractivity contribution in [3.8, 4) is 5.69 Å². The van der Waals surface area contributed by atoms with Crippen LogP contribution in [0.3, 0.4) is 0 Å².